The molecule has 0 bridgehead atoms. The molecule has 3 fully saturated rings. The summed E-state index contributed by atoms with van der Waals surface area (Å²) in [6, 6.07) is 0.521. The number of imidazole rings is 1. The van der Waals surface area contributed by atoms with E-state index in [2.05, 4.69) is 24.7 Å². The minimum atomic E-state index is 0.0868. The average molecular weight is 388 g/mol. The fourth-order valence-corrected chi connectivity index (χ4v) is 4.68. The lowest BCUT2D eigenvalue weighted by Crippen LogP contribution is -2.51. The van der Waals surface area contributed by atoms with E-state index in [1.54, 1.807) is 6.20 Å². The molecule has 3 aliphatic rings. The molecule has 7 heteroatoms. The highest BCUT2D eigenvalue weighted by atomic mass is 16.2. The molecule has 3 heterocycles. The molecule has 1 aromatic heterocycles. The zero-order valence-corrected chi connectivity index (χ0v) is 17.0. The molecule has 2 aliphatic heterocycles. The molecule has 1 N–H and O–H groups in total. The zero-order chi connectivity index (χ0) is 19.5. The van der Waals surface area contributed by atoms with E-state index in [4.69, 9.17) is 0 Å². The maximum Gasteiger partial charge on any atom is 0.225 e. The second-order valence-corrected chi connectivity index (χ2v) is 8.62. The van der Waals surface area contributed by atoms with Gasteiger partial charge in [-0.15, -0.1) is 0 Å². The Kier molecular flexibility index (Phi) is 5.99. The highest BCUT2D eigenvalue weighted by Crippen LogP contribution is 2.32. The van der Waals surface area contributed by atoms with Crippen LogP contribution >= 0.6 is 0 Å². The van der Waals surface area contributed by atoms with Gasteiger partial charge < -0.3 is 14.8 Å². The van der Waals surface area contributed by atoms with Crippen molar-refractivity contribution in [2.24, 2.45) is 11.8 Å². The monoisotopic (exact) mass is 387 g/mol. The van der Waals surface area contributed by atoms with E-state index in [0.717, 1.165) is 77.1 Å². The van der Waals surface area contributed by atoms with Crippen LogP contribution in [0.5, 0.6) is 0 Å². The van der Waals surface area contributed by atoms with Gasteiger partial charge in [-0.25, -0.2) is 4.98 Å². The van der Waals surface area contributed by atoms with Crippen LogP contribution in [0.25, 0.3) is 0 Å². The number of nitrogens with zero attached hydrogens (tertiary/aromatic N) is 4. The van der Waals surface area contributed by atoms with E-state index in [9.17, 15) is 9.59 Å². The number of nitrogens with one attached hydrogen (secondary N) is 1. The lowest BCUT2D eigenvalue weighted by molar-refractivity contribution is -0.134. The van der Waals surface area contributed by atoms with Crippen molar-refractivity contribution < 1.29 is 9.59 Å². The van der Waals surface area contributed by atoms with Gasteiger partial charge in [0.25, 0.3) is 0 Å². The van der Waals surface area contributed by atoms with Crippen molar-refractivity contribution in [2.75, 3.05) is 32.7 Å². The number of amides is 2. The van der Waals surface area contributed by atoms with Crippen LogP contribution in [0.4, 0.5) is 0 Å². The second kappa shape index (κ2) is 8.64. The molecular weight excluding hydrogens is 354 g/mol. The molecule has 4 rings (SSSR count). The summed E-state index contributed by atoms with van der Waals surface area (Å²) in [6.07, 6.45) is 10.1. The summed E-state index contributed by atoms with van der Waals surface area (Å²) >= 11 is 0. The SMILES string of the molecule is Cc1nccn1CCNC(=O)[C@H]1CCCN(C2CCN(C(=O)C3CC3)CC2)C1. The predicted octanol–water partition coefficient (Wildman–Crippen LogP) is 1.42. The molecule has 0 aromatic carbocycles. The minimum absolute atomic E-state index is 0.0868. The summed E-state index contributed by atoms with van der Waals surface area (Å²) in [5.74, 6) is 1.95. The Morgan fingerprint density at radius 2 is 1.89 bits per heavy atom. The van der Waals surface area contributed by atoms with Crippen LogP contribution in [-0.4, -0.2) is 69.9 Å². The van der Waals surface area contributed by atoms with E-state index in [1.807, 2.05) is 13.1 Å². The molecule has 1 aromatic rings. The third-order valence-corrected chi connectivity index (χ3v) is 6.62. The van der Waals surface area contributed by atoms with E-state index in [0.29, 0.717) is 24.4 Å². The van der Waals surface area contributed by atoms with Crippen molar-refractivity contribution in [2.45, 2.75) is 58.0 Å². The molecule has 1 aliphatic carbocycles. The van der Waals surface area contributed by atoms with Gasteiger partial charge in [0.2, 0.25) is 11.8 Å². The molecule has 1 saturated carbocycles. The molecule has 0 radical (unpaired) electrons. The van der Waals surface area contributed by atoms with Gasteiger partial charge in [-0.2, -0.15) is 0 Å². The van der Waals surface area contributed by atoms with Crippen LogP contribution in [0, 0.1) is 18.8 Å². The Bertz CT molecular complexity index is 691. The van der Waals surface area contributed by atoms with E-state index in [1.165, 1.54) is 0 Å². The van der Waals surface area contributed by atoms with Crippen LogP contribution in [-0.2, 0) is 16.1 Å². The second-order valence-electron chi connectivity index (χ2n) is 8.62. The van der Waals surface area contributed by atoms with Gasteiger partial charge in [-0.1, -0.05) is 0 Å². The molecule has 7 nitrogen and oxygen atoms in total. The molecule has 154 valence electrons. The van der Waals surface area contributed by atoms with Crippen molar-refractivity contribution in [3.8, 4) is 0 Å². The Balaban J connectivity index is 1.21. The maximum absolute atomic E-state index is 12.6. The van der Waals surface area contributed by atoms with Crippen LogP contribution in [0.3, 0.4) is 0 Å². The predicted molar refractivity (Wildman–Crippen MR) is 107 cm³/mol. The molecular formula is C21H33N5O2. The lowest BCUT2D eigenvalue weighted by Gasteiger charge is -2.42. The van der Waals surface area contributed by atoms with Gasteiger partial charge in [0, 0.05) is 57.1 Å². The number of piperidine rings is 2. The molecule has 28 heavy (non-hydrogen) atoms. The van der Waals surface area contributed by atoms with Crippen molar-refractivity contribution in [1.82, 2.24) is 24.7 Å². The first kappa shape index (κ1) is 19.4. The lowest BCUT2D eigenvalue weighted by atomic mass is 9.93. The summed E-state index contributed by atoms with van der Waals surface area (Å²) in [5, 5.41) is 3.12. The van der Waals surface area contributed by atoms with E-state index >= 15 is 0 Å². The van der Waals surface area contributed by atoms with Crippen LogP contribution in [0.15, 0.2) is 12.4 Å². The highest BCUT2D eigenvalue weighted by molar-refractivity contribution is 5.81. The Hall–Kier alpha value is -1.89. The average Bonchev–Trinajstić information content (AvgIpc) is 3.50. The summed E-state index contributed by atoms with van der Waals surface area (Å²) < 4.78 is 2.06. The number of carbonyl (C=O) groups is 2. The first-order chi connectivity index (χ1) is 13.6. The zero-order valence-electron chi connectivity index (χ0n) is 17.0. The fourth-order valence-electron chi connectivity index (χ4n) is 4.68. The topological polar surface area (TPSA) is 70.5 Å². The van der Waals surface area contributed by atoms with E-state index in [-0.39, 0.29) is 11.8 Å². The van der Waals surface area contributed by atoms with Gasteiger partial charge in [0.1, 0.15) is 5.82 Å². The summed E-state index contributed by atoms with van der Waals surface area (Å²) in [4.78, 5) is 33.7. The van der Waals surface area contributed by atoms with Crippen LogP contribution in [0.2, 0.25) is 0 Å². The van der Waals surface area contributed by atoms with Crippen LogP contribution in [0.1, 0.15) is 44.3 Å². The third kappa shape index (κ3) is 4.57. The molecule has 2 saturated heterocycles. The van der Waals surface area contributed by atoms with Gasteiger partial charge in [0.05, 0.1) is 5.92 Å². The standard InChI is InChI=1S/C21H33N5O2/c1-16-22-8-13-24(16)14-9-23-20(27)18-3-2-10-26(15-18)19-6-11-25(12-7-19)21(28)17-4-5-17/h8,13,17-19H,2-7,9-12,14-15H2,1H3,(H,23,27)/t18-/m0/s1. The summed E-state index contributed by atoms with van der Waals surface area (Å²) in [7, 11) is 0. The summed E-state index contributed by atoms with van der Waals surface area (Å²) in [6.45, 7) is 7.10. The van der Waals surface area contributed by atoms with Gasteiger partial charge in [-0.3, -0.25) is 14.5 Å². The van der Waals surface area contributed by atoms with Crippen molar-refractivity contribution in [3.05, 3.63) is 18.2 Å². The molecule has 2 amide bonds. The fraction of sp³-hybridized carbons (Fsp3) is 0.762. The summed E-state index contributed by atoms with van der Waals surface area (Å²) in [5.41, 5.74) is 0. The van der Waals surface area contributed by atoms with E-state index < -0.39 is 0 Å². The highest BCUT2D eigenvalue weighted by Gasteiger charge is 2.37. The van der Waals surface area contributed by atoms with Crippen molar-refractivity contribution >= 4 is 11.8 Å². The van der Waals surface area contributed by atoms with Crippen molar-refractivity contribution in [3.63, 3.8) is 0 Å². The normalized spacial score (nSPS) is 24.3. The molecule has 0 spiro atoms. The third-order valence-electron chi connectivity index (χ3n) is 6.62. The first-order valence-electron chi connectivity index (χ1n) is 10.9. The number of hydrogen-bond acceptors (Lipinski definition) is 4. The smallest absolute Gasteiger partial charge is 0.225 e. The first-order valence-corrected chi connectivity index (χ1v) is 10.9. The Morgan fingerprint density at radius 1 is 1.11 bits per heavy atom. The number of aryl methyl sites for hydroxylation is 1. The molecule has 0 unspecified atom stereocenters. The Morgan fingerprint density at radius 3 is 2.57 bits per heavy atom. The minimum Gasteiger partial charge on any atom is -0.354 e. The largest absolute Gasteiger partial charge is 0.354 e. The number of hydrogen-bond donors (Lipinski definition) is 1. The van der Waals surface area contributed by atoms with Crippen molar-refractivity contribution in [1.29, 1.82) is 0 Å². The Labute approximate surface area is 167 Å². The quantitative estimate of drug-likeness (QED) is 0.801. The maximum atomic E-state index is 12.6. The van der Waals surface area contributed by atoms with Gasteiger partial charge in [-0.05, 0) is 52.0 Å². The number of rotatable bonds is 6. The number of likely N-dealkylation sites (tertiary alicyclic amines) is 2. The molecule has 1 atom stereocenters. The van der Waals surface area contributed by atoms with Gasteiger partial charge in [0.15, 0.2) is 0 Å². The number of carbonyl (C=O) groups excluding carboxylic acids is 2. The van der Waals surface area contributed by atoms with Gasteiger partial charge >= 0.3 is 0 Å². The van der Waals surface area contributed by atoms with Crippen LogP contribution < -0.4 is 5.32 Å². The number of aromatic nitrogens is 2.